The molecule has 0 bridgehead atoms. The number of alkyl halides is 3. The predicted octanol–water partition coefficient (Wildman–Crippen LogP) is 3.56. The maximum atomic E-state index is 12.5. The molecule has 2 aromatic rings. The summed E-state index contributed by atoms with van der Waals surface area (Å²) in [5.41, 5.74) is -0.425. The molecular weight excluding hydrogens is 315 g/mol. The van der Waals surface area contributed by atoms with Crippen molar-refractivity contribution in [1.29, 1.82) is 0 Å². The van der Waals surface area contributed by atoms with Gasteiger partial charge in [-0.05, 0) is 31.2 Å². The van der Waals surface area contributed by atoms with Crippen LogP contribution in [0.4, 0.5) is 18.9 Å². The summed E-state index contributed by atoms with van der Waals surface area (Å²) < 4.78 is 39.2. The molecule has 118 valence electrons. The van der Waals surface area contributed by atoms with Gasteiger partial charge >= 0.3 is 6.18 Å². The smallest absolute Gasteiger partial charge is 0.329 e. The van der Waals surface area contributed by atoms with Gasteiger partial charge in [-0.1, -0.05) is 11.8 Å². The quantitative estimate of drug-likeness (QED) is 0.873. The highest BCUT2D eigenvalue weighted by Gasteiger charge is 2.30. The molecule has 0 aliphatic heterocycles. The summed E-state index contributed by atoms with van der Waals surface area (Å²) in [6, 6.07) is 4.34. The summed E-state index contributed by atoms with van der Waals surface area (Å²) in [5, 5.41) is 2.85. The molecule has 4 nitrogen and oxygen atoms in total. The summed E-state index contributed by atoms with van der Waals surface area (Å²) in [5.74, 6) is -0.298. The molecule has 1 unspecified atom stereocenters. The Morgan fingerprint density at radius 1 is 1.32 bits per heavy atom. The van der Waals surface area contributed by atoms with Crippen LogP contribution in [0.3, 0.4) is 0 Å². The topological polar surface area (TPSA) is 46.9 Å². The van der Waals surface area contributed by atoms with Crippen LogP contribution in [0.25, 0.3) is 0 Å². The Labute approximate surface area is 129 Å². The highest BCUT2D eigenvalue weighted by molar-refractivity contribution is 8.00. The number of nitrogens with one attached hydrogen (secondary N) is 1. The number of amides is 1. The standard InChI is InChI=1S/C14H14F3N3OS/c1-9(22-13-18-7-8-20(13)2)12(21)19-11-5-3-10(4-6-11)14(15,16)17/h3-9H,1-2H3,(H,19,21). The van der Waals surface area contributed by atoms with Gasteiger partial charge in [0.05, 0.1) is 10.8 Å². The largest absolute Gasteiger partial charge is 0.416 e. The van der Waals surface area contributed by atoms with Crippen LogP contribution in [0, 0.1) is 0 Å². The Balaban J connectivity index is 1.98. The molecule has 1 aromatic carbocycles. The van der Waals surface area contributed by atoms with Gasteiger partial charge in [0, 0.05) is 25.1 Å². The molecule has 1 N–H and O–H groups in total. The number of hydrogen-bond acceptors (Lipinski definition) is 3. The molecule has 1 heterocycles. The Morgan fingerprint density at radius 2 is 1.95 bits per heavy atom. The normalized spacial score (nSPS) is 13.0. The van der Waals surface area contributed by atoms with Crippen LogP contribution in [-0.4, -0.2) is 20.7 Å². The number of carbonyl (C=O) groups excluding carboxylic acids is 1. The summed E-state index contributed by atoms with van der Waals surface area (Å²) in [6.45, 7) is 1.71. The van der Waals surface area contributed by atoms with Crippen molar-refractivity contribution in [2.45, 2.75) is 23.5 Å². The summed E-state index contributed by atoms with van der Waals surface area (Å²) in [7, 11) is 1.82. The van der Waals surface area contributed by atoms with E-state index < -0.39 is 17.0 Å². The van der Waals surface area contributed by atoms with Gasteiger partial charge in [0.25, 0.3) is 0 Å². The van der Waals surface area contributed by atoms with E-state index in [1.807, 2.05) is 7.05 Å². The van der Waals surface area contributed by atoms with Gasteiger partial charge in [-0.2, -0.15) is 13.2 Å². The first-order valence-corrected chi connectivity index (χ1v) is 7.27. The second-order valence-corrected chi connectivity index (χ2v) is 5.95. The molecule has 1 aromatic heterocycles. The summed E-state index contributed by atoms with van der Waals surface area (Å²) in [4.78, 5) is 16.1. The lowest BCUT2D eigenvalue weighted by Gasteiger charge is -2.12. The fraction of sp³-hybridized carbons (Fsp3) is 0.286. The molecule has 0 radical (unpaired) electrons. The lowest BCUT2D eigenvalue weighted by atomic mass is 10.2. The Hall–Kier alpha value is -1.96. The highest BCUT2D eigenvalue weighted by atomic mass is 32.2. The van der Waals surface area contributed by atoms with E-state index in [2.05, 4.69) is 10.3 Å². The Morgan fingerprint density at radius 3 is 2.45 bits per heavy atom. The molecule has 0 aliphatic carbocycles. The second kappa shape index (κ2) is 6.43. The minimum Gasteiger partial charge on any atom is -0.329 e. The zero-order valence-corrected chi connectivity index (χ0v) is 12.7. The monoisotopic (exact) mass is 329 g/mol. The van der Waals surface area contributed by atoms with Gasteiger partial charge in [-0.3, -0.25) is 4.79 Å². The number of anilines is 1. The van der Waals surface area contributed by atoms with Gasteiger partial charge < -0.3 is 9.88 Å². The van der Waals surface area contributed by atoms with E-state index >= 15 is 0 Å². The first-order chi connectivity index (χ1) is 10.3. The number of carbonyl (C=O) groups is 1. The highest BCUT2D eigenvalue weighted by Crippen LogP contribution is 2.30. The van der Waals surface area contributed by atoms with Crippen LogP contribution in [0.5, 0.6) is 0 Å². The van der Waals surface area contributed by atoms with E-state index in [0.717, 1.165) is 12.1 Å². The minimum absolute atomic E-state index is 0.298. The third-order valence-corrected chi connectivity index (χ3v) is 4.08. The maximum Gasteiger partial charge on any atom is 0.416 e. The van der Waals surface area contributed by atoms with E-state index in [4.69, 9.17) is 0 Å². The molecule has 0 fully saturated rings. The number of halogens is 3. The third kappa shape index (κ3) is 4.03. The molecule has 1 amide bonds. The first kappa shape index (κ1) is 16.4. The summed E-state index contributed by atoms with van der Waals surface area (Å²) in [6.07, 6.45) is -0.991. The first-order valence-electron chi connectivity index (χ1n) is 6.39. The van der Waals surface area contributed by atoms with E-state index in [1.54, 1.807) is 23.9 Å². The van der Waals surface area contributed by atoms with Gasteiger partial charge in [0.2, 0.25) is 5.91 Å². The number of thioether (sulfide) groups is 1. The van der Waals surface area contributed by atoms with Crippen LogP contribution >= 0.6 is 11.8 Å². The molecule has 1 atom stereocenters. The Bertz CT molecular complexity index is 652. The number of nitrogens with zero attached hydrogens (tertiary/aromatic N) is 2. The molecular formula is C14H14F3N3OS. The SMILES string of the molecule is CC(Sc1nccn1C)C(=O)Nc1ccc(C(F)(F)F)cc1. The van der Waals surface area contributed by atoms with Crippen LogP contribution in [-0.2, 0) is 18.0 Å². The number of aromatic nitrogens is 2. The van der Waals surface area contributed by atoms with Crippen molar-refractivity contribution >= 4 is 23.4 Å². The van der Waals surface area contributed by atoms with E-state index in [9.17, 15) is 18.0 Å². The number of benzene rings is 1. The number of aryl methyl sites for hydroxylation is 1. The van der Waals surface area contributed by atoms with Gasteiger partial charge in [0.1, 0.15) is 0 Å². The zero-order chi connectivity index (χ0) is 16.3. The second-order valence-electron chi connectivity index (χ2n) is 4.65. The minimum atomic E-state index is -4.39. The molecule has 8 heteroatoms. The van der Waals surface area contributed by atoms with E-state index in [0.29, 0.717) is 10.8 Å². The molecule has 22 heavy (non-hydrogen) atoms. The van der Waals surface area contributed by atoms with Gasteiger partial charge in [-0.25, -0.2) is 4.98 Å². The Kier molecular flexibility index (Phi) is 4.80. The van der Waals surface area contributed by atoms with Gasteiger partial charge in [-0.15, -0.1) is 0 Å². The third-order valence-electron chi connectivity index (χ3n) is 2.91. The lowest BCUT2D eigenvalue weighted by molar-refractivity contribution is -0.137. The summed E-state index contributed by atoms with van der Waals surface area (Å²) >= 11 is 1.27. The van der Waals surface area contributed by atoms with Crippen LogP contribution in [0.1, 0.15) is 12.5 Å². The van der Waals surface area contributed by atoms with Crippen molar-refractivity contribution < 1.29 is 18.0 Å². The number of imidazole rings is 1. The number of rotatable bonds is 4. The number of hydrogen-bond donors (Lipinski definition) is 1. The average molecular weight is 329 g/mol. The predicted molar refractivity (Wildman–Crippen MR) is 78.6 cm³/mol. The van der Waals surface area contributed by atoms with Gasteiger partial charge in [0.15, 0.2) is 5.16 Å². The van der Waals surface area contributed by atoms with Crippen molar-refractivity contribution in [3.8, 4) is 0 Å². The molecule has 0 saturated heterocycles. The lowest BCUT2D eigenvalue weighted by Crippen LogP contribution is -2.22. The van der Waals surface area contributed by atoms with Crippen LogP contribution in [0.15, 0.2) is 41.8 Å². The van der Waals surface area contributed by atoms with Crippen molar-refractivity contribution in [3.05, 3.63) is 42.2 Å². The molecule has 0 aliphatic rings. The van der Waals surface area contributed by atoms with Crippen LogP contribution in [0.2, 0.25) is 0 Å². The molecule has 2 rings (SSSR count). The van der Waals surface area contributed by atoms with Crippen molar-refractivity contribution in [2.75, 3.05) is 5.32 Å². The fourth-order valence-corrected chi connectivity index (χ4v) is 2.49. The average Bonchev–Trinajstić information content (AvgIpc) is 2.84. The van der Waals surface area contributed by atoms with Crippen LogP contribution < -0.4 is 5.32 Å². The molecule has 0 saturated carbocycles. The fourth-order valence-electron chi connectivity index (χ4n) is 1.66. The molecule has 0 spiro atoms. The van der Waals surface area contributed by atoms with Crippen molar-refractivity contribution in [1.82, 2.24) is 9.55 Å². The van der Waals surface area contributed by atoms with Crippen molar-refractivity contribution in [2.24, 2.45) is 7.05 Å². The van der Waals surface area contributed by atoms with Crippen molar-refractivity contribution in [3.63, 3.8) is 0 Å². The van der Waals surface area contributed by atoms with E-state index in [1.165, 1.54) is 23.9 Å². The zero-order valence-electron chi connectivity index (χ0n) is 11.9. The maximum absolute atomic E-state index is 12.5. The van der Waals surface area contributed by atoms with E-state index in [-0.39, 0.29) is 5.91 Å².